The SMILES string of the molecule is Nc1ccc(Oc2ncnc3ccccc23)cc1. The average Bonchev–Trinajstić information content (AvgIpc) is 2.42. The van der Waals surface area contributed by atoms with Gasteiger partial charge in [0.15, 0.2) is 0 Å². The molecule has 0 unspecified atom stereocenters. The van der Waals surface area contributed by atoms with Crippen LogP contribution in [0.2, 0.25) is 0 Å². The van der Waals surface area contributed by atoms with Crippen LogP contribution in [-0.4, -0.2) is 9.97 Å². The van der Waals surface area contributed by atoms with E-state index >= 15 is 0 Å². The van der Waals surface area contributed by atoms with Gasteiger partial charge in [-0.3, -0.25) is 0 Å². The second-order valence-corrected chi connectivity index (χ2v) is 3.87. The van der Waals surface area contributed by atoms with Crippen LogP contribution in [0.1, 0.15) is 0 Å². The molecule has 0 bridgehead atoms. The number of rotatable bonds is 2. The zero-order valence-corrected chi connectivity index (χ0v) is 9.58. The van der Waals surface area contributed by atoms with Crippen LogP contribution in [0.3, 0.4) is 0 Å². The summed E-state index contributed by atoms with van der Waals surface area (Å²) in [4.78, 5) is 8.35. The molecule has 2 aromatic carbocycles. The highest BCUT2D eigenvalue weighted by molar-refractivity contribution is 5.83. The van der Waals surface area contributed by atoms with Gasteiger partial charge in [0.25, 0.3) is 0 Å². The minimum absolute atomic E-state index is 0.547. The molecule has 4 nitrogen and oxygen atoms in total. The number of hydrogen-bond donors (Lipinski definition) is 1. The van der Waals surface area contributed by atoms with Gasteiger partial charge in [0, 0.05) is 5.69 Å². The molecule has 0 saturated carbocycles. The van der Waals surface area contributed by atoms with E-state index < -0.39 is 0 Å². The van der Waals surface area contributed by atoms with E-state index in [0.29, 0.717) is 17.3 Å². The van der Waals surface area contributed by atoms with Crippen LogP contribution in [0.5, 0.6) is 11.6 Å². The minimum atomic E-state index is 0.547. The predicted octanol–water partition coefficient (Wildman–Crippen LogP) is 3.00. The summed E-state index contributed by atoms with van der Waals surface area (Å²) in [5.74, 6) is 1.25. The van der Waals surface area contributed by atoms with Crippen LogP contribution < -0.4 is 10.5 Å². The molecule has 2 N–H and O–H groups in total. The highest BCUT2D eigenvalue weighted by Gasteiger charge is 2.04. The minimum Gasteiger partial charge on any atom is -0.438 e. The summed E-state index contributed by atoms with van der Waals surface area (Å²) in [6.07, 6.45) is 1.50. The summed E-state index contributed by atoms with van der Waals surface area (Å²) < 4.78 is 5.74. The van der Waals surface area contributed by atoms with Gasteiger partial charge in [-0.2, -0.15) is 0 Å². The third kappa shape index (κ3) is 1.96. The van der Waals surface area contributed by atoms with Crippen molar-refractivity contribution in [2.24, 2.45) is 0 Å². The first-order chi connectivity index (χ1) is 8.83. The largest absolute Gasteiger partial charge is 0.438 e. The van der Waals surface area contributed by atoms with Crippen molar-refractivity contribution in [2.75, 3.05) is 5.73 Å². The van der Waals surface area contributed by atoms with Crippen LogP contribution >= 0.6 is 0 Å². The van der Waals surface area contributed by atoms with Crippen molar-refractivity contribution < 1.29 is 4.74 Å². The van der Waals surface area contributed by atoms with Crippen LogP contribution in [0.4, 0.5) is 5.69 Å². The Morgan fingerprint density at radius 1 is 0.889 bits per heavy atom. The first-order valence-corrected chi connectivity index (χ1v) is 5.56. The number of aromatic nitrogens is 2. The molecular weight excluding hydrogens is 226 g/mol. The van der Waals surface area contributed by atoms with Gasteiger partial charge < -0.3 is 10.5 Å². The van der Waals surface area contributed by atoms with Crippen LogP contribution in [0, 0.1) is 0 Å². The quantitative estimate of drug-likeness (QED) is 0.696. The fourth-order valence-electron chi connectivity index (χ4n) is 1.71. The number of benzene rings is 2. The number of fused-ring (bicyclic) bond motifs is 1. The number of para-hydroxylation sites is 1. The Labute approximate surface area is 104 Å². The summed E-state index contributed by atoms with van der Waals surface area (Å²) in [5, 5.41) is 0.886. The fraction of sp³-hybridized carbons (Fsp3) is 0. The Kier molecular flexibility index (Phi) is 2.53. The Morgan fingerprint density at radius 3 is 2.50 bits per heavy atom. The van der Waals surface area contributed by atoms with Gasteiger partial charge in [-0.15, -0.1) is 0 Å². The molecule has 1 aromatic heterocycles. The van der Waals surface area contributed by atoms with Gasteiger partial charge >= 0.3 is 0 Å². The maximum absolute atomic E-state index is 5.74. The molecule has 88 valence electrons. The molecular formula is C14H11N3O. The van der Waals surface area contributed by atoms with Crippen molar-refractivity contribution >= 4 is 16.6 Å². The molecule has 0 spiro atoms. The lowest BCUT2D eigenvalue weighted by Gasteiger charge is -2.07. The summed E-state index contributed by atoms with van der Waals surface area (Å²) in [6.45, 7) is 0. The lowest BCUT2D eigenvalue weighted by atomic mass is 10.2. The van der Waals surface area contributed by atoms with Crippen LogP contribution in [-0.2, 0) is 0 Å². The highest BCUT2D eigenvalue weighted by atomic mass is 16.5. The van der Waals surface area contributed by atoms with E-state index in [1.807, 2.05) is 36.4 Å². The number of nitrogens with zero attached hydrogens (tertiary/aromatic N) is 2. The summed E-state index contributed by atoms with van der Waals surface area (Å²) in [6, 6.07) is 14.9. The first kappa shape index (κ1) is 10.5. The van der Waals surface area contributed by atoms with Crippen LogP contribution in [0.25, 0.3) is 10.9 Å². The van der Waals surface area contributed by atoms with Crippen molar-refractivity contribution in [1.82, 2.24) is 9.97 Å². The molecule has 0 aliphatic rings. The van der Waals surface area contributed by atoms with E-state index in [2.05, 4.69) is 9.97 Å². The second kappa shape index (κ2) is 4.33. The molecule has 0 radical (unpaired) electrons. The highest BCUT2D eigenvalue weighted by Crippen LogP contribution is 2.26. The van der Waals surface area contributed by atoms with E-state index in [1.165, 1.54) is 6.33 Å². The van der Waals surface area contributed by atoms with Crippen molar-refractivity contribution in [1.29, 1.82) is 0 Å². The number of ether oxygens (including phenoxy) is 1. The molecule has 0 amide bonds. The zero-order valence-electron chi connectivity index (χ0n) is 9.58. The predicted molar refractivity (Wildman–Crippen MR) is 70.5 cm³/mol. The molecule has 0 fully saturated rings. The van der Waals surface area contributed by atoms with E-state index in [0.717, 1.165) is 10.9 Å². The number of hydrogen-bond acceptors (Lipinski definition) is 4. The summed E-state index contributed by atoms with van der Waals surface area (Å²) in [5.41, 5.74) is 7.19. The third-order valence-corrected chi connectivity index (χ3v) is 2.60. The van der Waals surface area contributed by atoms with Crippen molar-refractivity contribution in [3.8, 4) is 11.6 Å². The molecule has 0 atom stereocenters. The van der Waals surface area contributed by atoms with Crippen molar-refractivity contribution in [3.05, 3.63) is 54.9 Å². The molecule has 0 aliphatic carbocycles. The topological polar surface area (TPSA) is 61.0 Å². The van der Waals surface area contributed by atoms with Crippen molar-refractivity contribution in [3.63, 3.8) is 0 Å². The zero-order chi connectivity index (χ0) is 12.4. The average molecular weight is 237 g/mol. The molecule has 4 heteroatoms. The van der Waals surface area contributed by atoms with E-state index in [-0.39, 0.29) is 0 Å². The number of anilines is 1. The standard InChI is InChI=1S/C14H11N3O/c15-10-5-7-11(8-6-10)18-14-12-3-1-2-4-13(12)16-9-17-14/h1-9H,15H2. The first-order valence-electron chi connectivity index (χ1n) is 5.56. The molecule has 3 aromatic rings. The van der Waals surface area contributed by atoms with E-state index in [9.17, 15) is 0 Å². The molecule has 0 saturated heterocycles. The Hall–Kier alpha value is -2.62. The second-order valence-electron chi connectivity index (χ2n) is 3.87. The fourth-order valence-corrected chi connectivity index (χ4v) is 1.71. The smallest absolute Gasteiger partial charge is 0.230 e. The van der Waals surface area contributed by atoms with Crippen LogP contribution in [0.15, 0.2) is 54.9 Å². The molecule has 18 heavy (non-hydrogen) atoms. The van der Waals surface area contributed by atoms with Gasteiger partial charge in [0.1, 0.15) is 12.1 Å². The number of nitrogen functional groups attached to an aromatic ring is 1. The van der Waals surface area contributed by atoms with Gasteiger partial charge in [0.05, 0.1) is 10.9 Å². The van der Waals surface area contributed by atoms with Gasteiger partial charge in [-0.25, -0.2) is 9.97 Å². The lowest BCUT2D eigenvalue weighted by molar-refractivity contribution is 0.468. The van der Waals surface area contributed by atoms with E-state index in [1.54, 1.807) is 12.1 Å². The maximum Gasteiger partial charge on any atom is 0.230 e. The van der Waals surface area contributed by atoms with Gasteiger partial charge in [-0.1, -0.05) is 12.1 Å². The summed E-state index contributed by atoms with van der Waals surface area (Å²) in [7, 11) is 0. The molecule has 3 rings (SSSR count). The Balaban J connectivity index is 2.02. The lowest BCUT2D eigenvalue weighted by Crippen LogP contribution is -1.91. The van der Waals surface area contributed by atoms with E-state index in [4.69, 9.17) is 10.5 Å². The third-order valence-electron chi connectivity index (χ3n) is 2.60. The van der Waals surface area contributed by atoms with Gasteiger partial charge in [-0.05, 0) is 36.4 Å². The van der Waals surface area contributed by atoms with Gasteiger partial charge in [0.2, 0.25) is 5.88 Å². The molecule has 0 aliphatic heterocycles. The summed E-state index contributed by atoms with van der Waals surface area (Å²) >= 11 is 0. The normalized spacial score (nSPS) is 10.4. The maximum atomic E-state index is 5.74. The molecule has 1 heterocycles. The monoisotopic (exact) mass is 237 g/mol. The number of nitrogens with two attached hydrogens (primary N) is 1. The van der Waals surface area contributed by atoms with Crippen molar-refractivity contribution in [2.45, 2.75) is 0 Å². The Bertz CT molecular complexity index is 675. The Morgan fingerprint density at radius 2 is 1.67 bits per heavy atom.